The van der Waals surface area contributed by atoms with Crippen LogP contribution in [0.15, 0.2) is 53.9 Å². The topological polar surface area (TPSA) is 23.5 Å². The van der Waals surface area contributed by atoms with Crippen LogP contribution < -0.4 is 0 Å². The monoisotopic (exact) mass is 255 g/mol. The number of likely N-dealkylation sites (tertiary alicyclic amines) is 1. The van der Waals surface area contributed by atoms with Gasteiger partial charge in [-0.25, -0.2) is 0 Å². The summed E-state index contributed by atoms with van der Waals surface area (Å²) in [4.78, 5) is 2.46. The molecule has 3 rings (SSSR count). The summed E-state index contributed by atoms with van der Waals surface area (Å²) < 4.78 is 0. The van der Waals surface area contributed by atoms with Gasteiger partial charge in [0.2, 0.25) is 0 Å². The Balaban J connectivity index is 1.87. The lowest BCUT2D eigenvalue weighted by Crippen LogP contribution is -2.23. The van der Waals surface area contributed by atoms with Crippen LogP contribution in [0.5, 0.6) is 0 Å². The third kappa shape index (κ3) is 2.27. The highest BCUT2D eigenvalue weighted by Gasteiger charge is 2.43. The fraction of sp³-hybridized carbons (Fsp3) is 0.412. The summed E-state index contributed by atoms with van der Waals surface area (Å²) in [6.07, 6.45) is 4.73. The molecule has 1 aliphatic carbocycles. The summed E-state index contributed by atoms with van der Waals surface area (Å²) in [7, 11) is 0. The van der Waals surface area contributed by atoms with Gasteiger partial charge < -0.3 is 10.0 Å². The van der Waals surface area contributed by atoms with Gasteiger partial charge in [-0.3, -0.25) is 0 Å². The minimum atomic E-state index is 0.225. The Morgan fingerprint density at radius 1 is 1.21 bits per heavy atom. The molecule has 1 saturated heterocycles. The Bertz CT molecular complexity index is 527. The zero-order chi connectivity index (χ0) is 13.5. The van der Waals surface area contributed by atoms with Gasteiger partial charge >= 0.3 is 0 Å². The fourth-order valence-corrected chi connectivity index (χ4v) is 3.33. The normalized spacial score (nSPS) is 24.7. The average Bonchev–Trinajstić information content (AvgIpc) is 2.62. The molecule has 1 aromatic rings. The molecule has 0 spiro atoms. The Kier molecular flexibility index (Phi) is 2.89. The molecule has 2 heteroatoms. The van der Waals surface area contributed by atoms with E-state index in [1.807, 2.05) is 6.08 Å². The summed E-state index contributed by atoms with van der Waals surface area (Å²) >= 11 is 0. The van der Waals surface area contributed by atoms with Gasteiger partial charge in [0.05, 0.1) is 5.76 Å². The van der Waals surface area contributed by atoms with Crippen LogP contribution >= 0.6 is 0 Å². The highest BCUT2D eigenvalue weighted by atomic mass is 16.3. The molecule has 1 aromatic carbocycles. The highest BCUT2D eigenvalue weighted by molar-refractivity contribution is 5.29. The SMILES string of the molecule is CC1(C)CN(Cc2ccccc2)C2=CC=C(O)CC21. The van der Waals surface area contributed by atoms with E-state index in [4.69, 9.17) is 0 Å². The first-order valence-electron chi connectivity index (χ1n) is 6.95. The highest BCUT2D eigenvalue weighted by Crippen LogP contribution is 2.47. The zero-order valence-corrected chi connectivity index (χ0v) is 11.6. The molecule has 1 heterocycles. The van der Waals surface area contributed by atoms with Gasteiger partial charge in [0.25, 0.3) is 0 Å². The number of benzene rings is 1. The molecule has 2 aliphatic rings. The van der Waals surface area contributed by atoms with Crippen LogP contribution in [0.2, 0.25) is 0 Å². The Hall–Kier alpha value is -1.70. The van der Waals surface area contributed by atoms with Crippen molar-refractivity contribution in [2.24, 2.45) is 11.3 Å². The number of hydrogen-bond donors (Lipinski definition) is 1. The van der Waals surface area contributed by atoms with E-state index >= 15 is 0 Å². The third-order valence-electron chi connectivity index (χ3n) is 4.34. The first-order valence-corrected chi connectivity index (χ1v) is 6.95. The average molecular weight is 255 g/mol. The number of allylic oxidation sites excluding steroid dienone is 4. The van der Waals surface area contributed by atoms with Crippen molar-refractivity contribution in [3.8, 4) is 0 Å². The largest absolute Gasteiger partial charge is 0.512 e. The van der Waals surface area contributed by atoms with E-state index < -0.39 is 0 Å². The Morgan fingerprint density at radius 2 is 1.95 bits per heavy atom. The van der Waals surface area contributed by atoms with E-state index in [1.54, 1.807) is 0 Å². The molecule has 0 radical (unpaired) electrons. The first kappa shape index (κ1) is 12.3. The number of rotatable bonds is 2. The number of fused-ring (bicyclic) bond motifs is 1. The Morgan fingerprint density at radius 3 is 2.68 bits per heavy atom. The maximum Gasteiger partial charge on any atom is 0.0930 e. The first-order chi connectivity index (χ1) is 9.06. The maximum absolute atomic E-state index is 9.76. The van der Waals surface area contributed by atoms with Crippen LogP contribution in [-0.4, -0.2) is 16.6 Å². The van der Waals surface area contributed by atoms with Crippen molar-refractivity contribution in [1.29, 1.82) is 0 Å². The van der Waals surface area contributed by atoms with Crippen molar-refractivity contribution >= 4 is 0 Å². The lowest BCUT2D eigenvalue weighted by molar-refractivity contribution is 0.248. The minimum Gasteiger partial charge on any atom is -0.512 e. The van der Waals surface area contributed by atoms with Crippen molar-refractivity contribution in [1.82, 2.24) is 4.90 Å². The third-order valence-corrected chi connectivity index (χ3v) is 4.34. The molecule has 100 valence electrons. The number of nitrogens with zero attached hydrogens (tertiary/aromatic N) is 1. The second-order valence-corrected chi connectivity index (χ2v) is 6.34. The second kappa shape index (κ2) is 4.44. The van der Waals surface area contributed by atoms with Crippen molar-refractivity contribution in [2.45, 2.75) is 26.8 Å². The molecule has 19 heavy (non-hydrogen) atoms. The standard InChI is InChI=1S/C17H21NO/c1-17(2)12-18(11-13-6-4-3-5-7-13)16-9-8-14(19)10-15(16)17/h3-9,15,19H,10-12H2,1-2H3. The minimum absolute atomic E-state index is 0.225. The second-order valence-electron chi connectivity index (χ2n) is 6.34. The van der Waals surface area contributed by atoms with Gasteiger partial charge in [-0.15, -0.1) is 0 Å². The molecule has 0 amide bonds. The molecule has 1 N–H and O–H groups in total. The Labute approximate surface area is 115 Å². The number of aliphatic hydroxyl groups excluding tert-OH is 1. The summed E-state index contributed by atoms with van der Waals surface area (Å²) in [5.41, 5.74) is 2.95. The van der Waals surface area contributed by atoms with E-state index in [-0.39, 0.29) is 5.41 Å². The van der Waals surface area contributed by atoms with Gasteiger partial charge in [0.15, 0.2) is 0 Å². The van der Waals surface area contributed by atoms with Crippen molar-refractivity contribution in [3.05, 3.63) is 59.5 Å². The predicted molar refractivity (Wildman–Crippen MR) is 77.5 cm³/mol. The predicted octanol–water partition coefficient (Wildman–Crippen LogP) is 3.87. The van der Waals surface area contributed by atoms with Crippen molar-refractivity contribution < 1.29 is 5.11 Å². The molecular formula is C17H21NO. The summed E-state index contributed by atoms with van der Waals surface area (Å²) in [6, 6.07) is 10.6. The molecule has 1 unspecified atom stereocenters. The van der Waals surface area contributed by atoms with Crippen molar-refractivity contribution in [2.75, 3.05) is 6.54 Å². The van der Waals surface area contributed by atoms with Crippen LogP contribution in [0.4, 0.5) is 0 Å². The van der Waals surface area contributed by atoms with Gasteiger partial charge in [0.1, 0.15) is 0 Å². The van der Waals surface area contributed by atoms with E-state index in [0.29, 0.717) is 11.7 Å². The summed E-state index contributed by atoms with van der Waals surface area (Å²) in [5.74, 6) is 0.963. The van der Waals surface area contributed by atoms with Gasteiger partial charge in [-0.05, 0) is 23.1 Å². The van der Waals surface area contributed by atoms with E-state index in [2.05, 4.69) is 55.2 Å². The number of aliphatic hydroxyl groups is 1. The molecule has 1 fully saturated rings. The zero-order valence-electron chi connectivity index (χ0n) is 11.6. The molecule has 1 atom stereocenters. The quantitative estimate of drug-likeness (QED) is 0.867. The molecule has 0 aromatic heterocycles. The lowest BCUT2D eigenvalue weighted by Gasteiger charge is -2.27. The number of hydrogen-bond acceptors (Lipinski definition) is 2. The van der Waals surface area contributed by atoms with Crippen LogP contribution in [0.3, 0.4) is 0 Å². The van der Waals surface area contributed by atoms with E-state index in [1.165, 1.54) is 11.3 Å². The summed E-state index contributed by atoms with van der Waals surface area (Å²) in [5, 5.41) is 9.76. The molecular weight excluding hydrogens is 234 g/mol. The van der Waals surface area contributed by atoms with Crippen LogP contribution in [-0.2, 0) is 6.54 Å². The van der Waals surface area contributed by atoms with Crippen molar-refractivity contribution in [3.63, 3.8) is 0 Å². The maximum atomic E-state index is 9.76. The van der Waals surface area contributed by atoms with E-state index in [0.717, 1.165) is 19.5 Å². The molecule has 0 bridgehead atoms. The fourth-order valence-electron chi connectivity index (χ4n) is 3.33. The molecule has 1 aliphatic heterocycles. The molecule has 0 saturated carbocycles. The van der Waals surface area contributed by atoms with Gasteiger partial charge in [-0.2, -0.15) is 0 Å². The molecule has 2 nitrogen and oxygen atoms in total. The summed E-state index contributed by atoms with van der Waals surface area (Å²) in [6.45, 7) is 6.62. The van der Waals surface area contributed by atoms with Gasteiger partial charge in [-0.1, -0.05) is 44.2 Å². The van der Waals surface area contributed by atoms with E-state index in [9.17, 15) is 5.11 Å². The van der Waals surface area contributed by atoms with Crippen LogP contribution in [0.1, 0.15) is 25.8 Å². The van der Waals surface area contributed by atoms with Crippen LogP contribution in [0, 0.1) is 11.3 Å². The van der Waals surface area contributed by atoms with Crippen LogP contribution in [0.25, 0.3) is 0 Å². The lowest BCUT2D eigenvalue weighted by atomic mass is 9.77. The smallest absolute Gasteiger partial charge is 0.0930 e. The van der Waals surface area contributed by atoms with Gasteiger partial charge in [0, 0.05) is 31.1 Å².